The van der Waals surface area contributed by atoms with Gasteiger partial charge < -0.3 is 19.1 Å². The van der Waals surface area contributed by atoms with Gasteiger partial charge in [0, 0.05) is 49.6 Å². The molecular formula is C21H24N8O2. The van der Waals surface area contributed by atoms with Gasteiger partial charge in [-0.05, 0) is 13.0 Å². The van der Waals surface area contributed by atoms with Crippen molar-refractivity contribution in [1.82, 2.24) is 25.1 Å². The van der Waals surface area contributed by atoms with E-state index in [-0.39, 0.29) is 18.6 Å². The van der Waals surface area contributed by atoms with E-state index in [1.807, 2.05) is 13.8 Å². The van der Waals surface area contributed by atoms with Crippen LogP contribution in [0.4, 0.5) is 12.0 Å². The zero-order chi connectivity index (χ0) is 21.8. The highest BCUT2D eigenvalue weighted by Crippen LogP contribution is 2.23. The van der Waals surface area contributed by atoms with Gasteiger partial charge in [0.05, 0.1) is 18.0 Å². The average molecular weight is 420 g/mol. The molecule has 0 radical (unpaired) electrons. The van der Waals surface area contributed by atoms with Gasteiger partial charge in [-0.15, -0.1) is 0 Å². The van der Waals surface area contributed by atoms with E-state index >= 15 is 0 Å². The predicted octanol–water partition coefficient (Wildman–Crippen LogP) is 2.54. The normalized spacial score (nSPS) is 16.4. The molecule has 10 heteroatoms. The van der Waals surface area contributed by atoms with Crippen molar-refractivity contribution in [3.05, 3.63) is 47.8 Å². The molecule has 0 aromatic carbocycles. The molecule has 4 rings (SSSR count). The van der Waals surface area contributed by atoms with Crippen LogP contribution in [0.5, 0.6) is 5.75 Å². The largest absolute Gasteiger partial charge is 0.486 e. The Morgan fingerprint density at radius 1 is 1.26 bits per heavy atom. The summed E-state index contributed by atoms with van der Waals surface area (Å²) in [5.74, 6) is 2.14. The van der Waals surface area contributed by atoms with Crippen molar-refractivity contribution >= 4 is 12.0 Å². The first-order chi connectivity index (χ1) is 15.0. The Morgan fingerprint density at radius 2 is 2.06 bits per heavy atom. The minimum Gasteiger partial charge on any atom is -0.486 e. The lowest BCUT2D eigenvalue weighted by molar-refractivity contribution is 0.303. The molecule has 1 aliphatic rings. The molecule has 10 nitrogen and oxygen atoms in total. The lowest BCUT2D eigenvalue weighted by atomic mass is 10.2. The third-order valence-electron chi connectivity index (χ3n) is 5.14. The molecule has 0 saturated carbocycles. The zero-order valence-electron chi connectivity index (χ0n) is 17.8. The predicted molar refractivity (Wildman–Crippen MR) is 113 cm³/mol. The van der Waals surface area contributed by atoms with Crippen LogP contribution in [0, 0.1) is 11.3 Å². The fourth-order valence-electron chi connectivity index (χ4n) is 3.36. The minimum absolute atomic E-state index is 0.171. The second kappa shape index (κ2) is 8.95. The van der Waals surface area contributed by atoms with Crippen molar-refractivity contribution < 1.29 is 9.26 Å². The Kier molecular flexibility index (Phi) is 5.93. The molecule has 4 heterocycles. The quantitative estimate of drug-likeness (QED) is 0.589. The summed E-state index contributed by atoms with van der Waals surface area (Å²) >= 11 is 0. The number of nitrogens with zero attached hydrogens (tertiary/aromatic N) is 8. The van der Waals surface area contributed by atoms with Crippen molar-refractivity contribution in [2.75, 3.05) is 29.4 Å². The van der Waals surface area contributed by atoms with Crippen molar-refractivity contribution in [3.8, 4) is 11.8 Å². The maximum atomic E-state index is 9.15. The Bertz CT molecular complexity index is 1060. The molecule has 0 N–H and O–H groups in total. The van der Waals surface area contributed by atoms with E-state index in [4.69, 9.17) is 14.5 Å². The maximum Gasteiger partial charge on any atom is 0.324 e. The summed E-state index contributed by atoms with van der Waals surface area (Å²) in [6, 6.07) is 4.61. The molecule has 0 bridgehead atoms. The second-order valence-corrected chi connectivity index (χ2v) is 7.73. The summed E-state index contributed by atoms with van der Waals surface area (Å²) < 4.78 is 11.2. The van der Waals surface area contributed by atoms with Crippen molar-refractivity contribution in [3.63, 3.8) is 0 Å². The van der Waals surface area contributed by atoms with Crippen molar-refractivity contribution in [2.45, 2.75) is 39.3 Å². The molecule has 1 fully saturated rings. The first kappa shape index (κ1) is 20.5. The molecule has 0 spiro atoms. The van der Waals surface area contributed by atoms with Crippen molar-refractivity contribution in [2.24, 2.45) is 0 Å². The molecule has 1 aliphatic heterocycles. The Balaban J connectivity index is 1.36. The summed E-state index contributed by atoms with van der Waals surface area (Å²) in [7, 11) is 0. The molecule has 1 saturated heterocycles. The summed E-state index contributed by atoms with van der Waals surface area (Å²) in [5, 5.41) is 13.2. The molecule has 1 atom stereocenters. The van der Waals surface area contributed by atoms with Crippen LogP contribution in [0.3, 0.4) is 0 Å². The van der Waals surface area contributed by atoms with E-state index in [1.165, 1.54) is 6.20 Å². The van der Waals surface area contributed by atoms with Gasteiger partial charge in [0.2, 0.25) is 5.95 Å². The van der Waals surface area contributed by atoms with E-state index in [0.29, 0.717) is 23.3 Å². The van der Waals surface area contributed by atoms with Gasteiger partial charge in [0.25, 0.3) is 0 Å². The summed E-state index contributed by atoms with van der Waals surface area (Å²) in [6.07, 6.45) is 6.47. The van der Waals surface area contributed by atoms with Crippen LogP contribution in [-0.2, 0) is 6.61 Å². The van der Waals surface area contributed by atoms with Crippen LogP contribution in [0.1, 0.15) is 43.6 Å². The van der Waals surface area contributed by atoms with Gasteiger partial charge in [-0.1, -0.05) is 19.0 Å². The summed E-state index contributed by atoms with van der Waals surface area (Å²) in [4.78, 5) is 21.6. The Labute approximate surface area is 180 Å². The highest BCUT2D eigenvalue weighted by molar-refractivity contribution is 5.39. The number of ether oxygens (including phenoxy) is 1. The van der Waals surface area contributed by atoms with E-state index < -0.39 is 0 Å². The smallest absolute Gasteiger partial charge is 0.324 e. The van der Waals surface area contributed by atoms with Gasteiger partial charge in [-0.25, -0.2) is 9.97 Å². The number of nitriles is 1. The highest BCUT2D eigenvalue weighted by Gasteiger charge is 2.28. The topological polar surface area (TPSA) is 117 Å². The van der Waals surface area contributed by atoms with E-state index in [1.54, 1.807) is 24.7 Å². The van der Waals surface area contributed by atoms with Crippen LogP contribution in [-0.4, -0.2) is 50.8 Å². The van der Waals surface area contributed by atoms with E-state index in [0.717, 1.165) is 31.0 Å². The molecule has 0 unspecified atom stereocenters. The highest BCUT2D eigenvalue weighted by atomic mass is 16.5. The Morgan fingerprint density at radius 3 is 2.74 bits per heavy atom. The lowest BCUT2D eigenvalue weighted by Crippen LogP contribution is -2.52. The number of aromatic nitrogens is 5. The number of piperazine rings is 1. The first-order valence-corrected chi connectivity index (χ1v) is 10.2. The van der Waals surface area contributed by atoms with Crippen LogP contribution < -0.4 is 14.5 Å². The lowest BCUT2D eigenvalue weighted by Gasteiger charge is -2.38. The third-order valence-corrected chi connectivity index (χ3v) is 5.14. The number of hydrogen-bond donors (Lipinski definition) is 0. The van der Waals surface area contributed by atoms with E-state index in [9.17, 15) is 0 Å². The molecule has 0 aliphatic carbocycles. The minimum atomic E-state index is 0.171. The third kappa shape index (κ3) is 4.55. The van der Waals surface area contributed by atoms with Crippen molar-refractivity contribution in [1.29, 1.82) is 5.26 Å². The molecule has 3 aromatic rings. The van der Waals surface area contributed by atoms with Gasteiger partial charge in [-0.3, -0.25) is 4.98 Å². The number of anilines is 2. The summed E-state index contributed by atoms with van der Waals surface area (Å²) in [5.41, 5.74) is 1.27. The van der Waals surface area contributed by atoms with Crippen LogP contribution >= 0.6 is 0 Å². The number of rotatable bonds is 6. The molecule has 160 valence electrons. The van der Waals surface area contributed by atoms with Crippen LogP contribution in [0.15, 0.2) is 35.4 Å². The van der Waals surface area contributed by atoms with E-state index in [2.05, 4.69) is 47.9 Å². The van der Waals surface area contributed by atoms with Crippen LogP contribution in [0.25, 0.3) is 0 Å². The second-order valence-electron chi connectivity index (χ2n) is 7.73. The zero-order valence-corrected chi connectivity index (χ0v) is 17.8. The SMILES string of the molecule is CC(C)c1noc(N2CCN(c3ncc(OCc4ccncc4C#N)cn3)[C@H](C)C2)n1. The number of pyridine rings is 1. The molecule has 0 amide bonds. The number of hydrogen-bond acceptors (Lipinski definition) is 10. The average Bonchev–Trinajstić information content (AvgIpc) is 3.29. The Hall–Kier alpha value is -3.74. The van der Waals surface area contributed by atoms with Gasteiger partial charge >= 0.3 is 6.01 Å². The fraction of sp³-hybridized carbons (Fsp3) is 0.429. The van der Waals surface area contributed by atoms with Crippen LogP contribution in [0.2, 0.25) is 0 Å². The van der Waals surface area contributed by atoms with Gasteiger partial charge in [0.1, 0.15) is 12.7 Å². The monoisotopic (exact) mass is 420 g/mol. The molecule has 3 aromatic heterocycles. The fourth-order valence-corrected chi connectivity index (χ4v) is 3.36. The first-order valence-electron chi connectivity index (χ1n) is 10.2. The molecule has 31 heavy (non-hydrogen) atoms. The van der Waals surface area contributed by atoms with Gasteiger partial charge in [-0.2, -0.15) is 10.2 Å². The maximum absolute atomic E-state index is 9.15. The van der Waals surface area contributed by atoms with Gasteiger partial charge in [0.15, 0.2) is 11.6 Å². The standard InChI is InChI=1S/C21H24N8O2/c1-14(2)19-26-21(31-27-19)28-6-7-29(15(3)12-28)20-24-10-18(11-25-20)30-13-16-4-5-23-9-17(16)8-22/h4-5,9-11,14-15H,6-7,12-13H2,1-3H3/t15-/m1/s1. The summed E-state index contributed by atoms with van der Waals surface area (Å²) in [6.45, 7) is 8.67. The molecular weight excluding hydrogens is 396 g/mol.